The number of methoxy groups -OCH3 is 1. The van der Waals surface area contributed by atoms with Crippen LogP contribution in [0, 0.1) is 19.8 Å². The maximum Gasteiger partial charge on any atom is 0.122 e. The first-order chi connectivity index (χ1) is 8.63. The first-order valence-corrected chi connectivity index (χ1v) is 6.66. The number of rotatable bonds is 7. The third kappa shape index (κ3) is 3.64. The monoisotopic (exact) mass is 250 g/mol. The van der Waals surface area contributed by atoms with Crippen molar-refractivity contribution in [2.45, 2.75) is 27.2 Å². The van der Waals surface area contributed by atoms with Gasteiger partial charge in [-0.15, -0.1) is 0 Å². The summed E-state index contributed by atoms with van der Waals surface area (Å²) in [5.74, 6) is 1.62. The van der Waals surface area contributed by atoms with Crippen molar-refractivity contribution in [1.29, 1.82) is 0 Å². The van der Waals surface area contributed by atoms with Gasteiger partial charge in [-0.1, -0.05) is 13.3 Å². The standard InChI is InChI=1S/C15H26N2O/c1-6-13(9-16-4)10-17-14-7-8-15(18-5)12(3)11(14)2/h7-8,13,16-17H,6,9-10H2,1-5H3. The van der Waals surface area contributed by atoms with Crippen LogP contribution in [0.2, 0.25) is 0 Å². The lowest BCUT2D eigenvalue weighted by atomic mass is 10.0. The number of ether oxygens (including phenoxy) is 1. The van der Waals surface area contributed by atoms with Crippen molar-refractivity contribution >= 4 is 5.69 Å². The van der Waals surface area contributed by atoms with E-state index in [2.05, 4.69) is 37.5 Å². The van der Waals surface area contributed by atoms with Crippen LogP contribution >= 0.6 is 0 Å². The van der Waals surface area contributed by atoms with E-state index >= 15 is 0 Å². The molecule has 2 N–H and O–H groups in total. The smallest absolute Gasteiger partial charge is 0.122 e. The lowest BCUT2D eigenvalue weighted by molar-refractivity contribution is 0.411. The average Bonchev–Trinajstić information content (AvgIpc) is 2.39. The lowest BCUT2D eigenvalue weighted by Crippen LogP contribution is -2.25. The molecule has 1 atom stereocenters. The second kappa shape index (κ2) is 7.27. The topological polar surface area (TPSA) is 33.3 Å². The van der Waals surface area contributed by atoms with Gasteiger partial charge in [-0.05, 0) is 56.6 Å². The molecule has 0 aliphatic rings. The SMILES string of the molecule is CCC(CNC)CNc1ccc(OC)c(C)c1C. The molecule has 0 spiro atoms. The molecule has 3 nitrogen and oxygen atoms in total. The molecule has 1 unspecified atom stereocenters. The summed E-state index contributed by atoms with van der Waals surface area (Å²) in [4.78, 5) is 0. The highest BCUT2D eigenvalue weighted by atomic mass is 16.5. The predicted molar refractivity (Wildman–Crippen MR) is 78.7 cm³/mol. The van der Waals surface area contributed by atoms with Gasteiger partial charge in [0.05, 0.1) is 7.11 Å². The third-order valence-corrected chi connectivity index (χ3v) is 3.61. The molecule has 0 fully saturated rings. The van der Waals surface area contributed by atoms with Crippen LogP contribution in [0.25, 0.3) is 0 Å². The van der Waals surface area contributed by atoms with Gasteiger partial charge in [-0.3, -0.25) is 0 Å². The van der Waals surface area contributed by atoms with Gasteiger partial charge < -0.3 is 15.4 Å². The fourth-order valence-electron chi connectivity index (χ4n) is 2.11. The largest absolute Gasteiger partial charge is 0.496 e. The van der Waals surface area contributed by atoms with E-state index in [1.807, 2.05) is 13.1 Å². The van der Waals surface area contributed by atoms with Crippen molar-refractivity contribution in [2.75, 3.05) is 32.6 Å². The van der Waals surface area contributed by atoms with E-state index < -0.39 is 0 Å². The van der Waals surface area contributed by atoms with E-state index in [1.165, 1.54) is 23.2 Å². The molecule has 1 aromatic rings. The number of hydrogen-bond donors (Lipinski definition) is 2. The van der Waals surface area contributed by atoms with Crippen molar-refractivity contribution < 1.29 is 4.74 Å². The summed E-state index contributed by atoms with van der Waals surface area (Å²) in [6, 6.07) is 4.14. The number of hydrogen-bond acceptors (Lipinski definition) is 3. The molecule has 0 heterocycles. The van der Waals surface area contributed by atoms with Crippen molar-refractivity contribution in [1.82, 2.24) is 5.32 Å². The van der Waals surface area contributed by atoms with Gasteiger partial charge >= 0.3 is 0 Å². The van der Waals surface area contributed by atoms with Gasteiger partial charge in [-0.2, -0.15) is 0 Å². The zero-order valence-corrected chi connectivity index (χ0v) is 12.3. The molecule has 0 saturated carbocycles. The quantitative estimate of drug-likeness (QED) is 0.780. The van der Waals surface area contributed by atoms with Gasteiger partial charge in [0, 0.05) is 12.2 Å². The first-order valence-electron chi connectivity index (χ1n) is 6.66. The first kappa shape index (κ1) is 14.8. The molecule has 102 valence electrons. The minimum absolute atomic E-state index is 0.664. The van der Waals surface area contributed by atoms with E-state index in [4.69, 9.17) is 4.74 Å². The van der Waals surface area contributed by atoms with E-state index in [0.29, 0.717) is 5.92 Å². The summed E-state index contributed by atoms with van der Waals surface area (Å²) in [7, 11) is 3.72. The van der Waals surface area contributed by atoms with Crippen LogP contribution in [0.5, 0.6) is 5.75 Å². The van der Waals surface area contributed by atoms with Gasteiger partial charge in [0.2, 0.25) is 0 Å². The maximum absolute atomic E-state index is 5.33. The molecular formula is C15H26N2O. The summed E-state index contributed by atoms with van der Waals surface area (Å²) >= 11 is 0. The maximum atomic E-state index is 5.33. The molecule has 0 bridgehead atoms. The van der Waals surface area contributed by atoms with E-state index in [1.54, 1.807) is 7.11 Å². The Bertz CT molecular complexity index is 377. The number of benzene rings is 1. The number of anilines is 1. The molecule has 0 radical (unpaired) electrons. The van der Waals surface area contributed by atoms with Gasteiger partial charge in [0.1, 0.15) is 5.75 Å². The van der Waals surface area contributed by atoms with Crippen molar-refractivity contribution in [3.05, 3.63) is 23.3 Å². The molecule has 0 aliphatic carbocycles. The molecule has 0 amide bonds. The van der Waals surface area contributed by atoms with Crippen molar-refractivity contribution in [3.8, 4) is 5.75 Å². The Labute approximate surface area is 111 Å². The number of nitrogens with one attached hydrogen (secondary N) is 2. The molecule has 0 aromatic heterocycles. The summed E-state index contributed by atoms with van der Waals surface area (Å²) in [6.45, 7) is 8.53. The minimum Gasteiger partial charge on any atom is -0.496 e. The summed E-state index contributed by atoms with van der Waals surface area (Å²) in [5.41, 5.74) is 3.70. The second-order valence-electron chi connectivity index (χ2n) is 4.78. The summed E-state index contributed by atoms with van der Waals surface area (Å²) < 4.78 is 5.33. The lowest BCUT2D eigenvalue weighted by Gasteiger charge is -2.19. The Morgan fingerprint density at radius 2 is 1.89 bits per heavy atom. The zero-order valence-electron chi connectivity index (χ0n) is 12.3. The molecule has 18 heavy (non-hydrogen) atoms. The van der Waals surface area contributed by atoms with Gasteiger partial charge in [0.25, 0.3) is 0 Å². The highest BCUT2D eigenvalue weighted by Gasteiger charge is 2.09. The normalized spacial score (nSPS) is 12.3. The molecule has 0 saturated heterocycles. The molecular weight excluding hydrogens is 224 g/mol. The van der Waals surface area contributed by atoms with Crippen molar-refractivity contribution in [3.63, 3.8) is 0 Å². The third-order valence-electron chi connectivity index (χ3n) is 3.61. The Balaban J connectivity index is 2.70. The summed E-state index contributed by atoms with van der Waals surface area (Å²) in [6.07, 6.45) is 1.18. The molecule has 1 aromatic carbocycles. The zero-order chi connectivity index (χ0) is 13.5. The Morgan fingerprint density at radius 3 is 2.44 bits per heavy atom. The molecule has 0 aliphatic heterocycles. The van der Waals surface area contributed by atoms with Gasteiger partial charge in [0.15, 0.2) is 0 Å². The van der Waals surface area contributed by atoms with E-state index in [9.17, 15) is 0 Å². The van der Waals surface area contributed by atoms with E-state index in [0.717, 1.165) is 18.8 Å². The molecule has 1 rings (SSSR count). The van der Waals surface area contributed by atoms with Crippen LogP contribution < -0.4 is 15.4 Å². The van der Waals surface area contributed by atoms with Crippen LogP contribution in [0.3, 0.4) is 0 Å². The highest BCUT2D eigenvalue weighted by molar-refractivity contribution is 5.58. The van der Waals surface area contributed by atoms with Crippen molar-refractivity contribution in [2.24, 2.45) is 5.92 Å². The van der Waals surface area contributed by atoms with Crippen LogP contribution in [-0.2, 0) is 0 Å². The summed E-state index contributed by atoms with van der Waals surface area (Å²) in [5, 5.41) is 6.78. The fourth-order valence-corrected chi connectivity index (χ4v) is 2.11. The Kier molecular flexibility index (Phi) is 5.99. The minimum atomic E-state index is 0.664. The highest BCUT2D eigenvalue weighted by Crippen LogP contribution is 2.27. The fraction of sp³-hybridized carbons (Fsp3) is 0.600. The Morgan fingerprint density at radius 1 is 1.17 bits per heavy atom. The second-order valence-corrected chi connectivity index (χ2v) is 4.78. The Hall–Kier alpha value is -1.22. The van der Waals surface area contributed by atoms with Crippen LogP contribution in [0.1, 0.15) is 24.5 Å². The van der Waals surface area contributed by atoms with Crippen LogP contribution in [0.4, 0.5) is 5.69 Å². The average molecular weight is 250 g/mol. The predicted octanol–water partition coefficient (Wildman–Crippen LogP) is 2.97. The van der Waals surface area contributed by atoms with E-state index in [-0.39, 0.29) is 0 Å². The van der Waals surface area contributed by atoms with Crippen LogP contribution in [-0.4, -0.2) is 27.2 Å². The van der Waals surface area contributed by atoms with Crippen LogP contribution in [0.15, 0.2) is 12.1 Å². The molecule has 3 heteroatoms. The van der Waals surface area contributed by atoms with Gasteiger partial charge in [-0.25, -0.2) is 0 Å².